The van der Waals surface area contributed by atoms with Crippen LogP contribution in [0, 0.1) is 5.21 Å². The number of aromatic nitrogens is 3. The fourth-order valence-corrected chi connectivity index (χ4v) is 5.35. The Morgan fingerprint density at radius 1 is 1.00 bits per heavy atom. The minimum Gasteiger partial charge on any atom is -0.633 e. The number of nitrogens with two attached hydrogens (primary N) is 1. The zero-order valence-corrected chi connectivity index (χ0v) is 21.2. The molecule has 0 atom stereocenters. The van der Waals surface area contributed by atoms with Gasteiger partial charge in [-0.2, -0.15) is 15.0 Å². The summed E-state index contributed by atoms with van der Waals surface area (Å²) in [5.74, 6) is 1.88. The number of hydrogen-bond acceptors (Lipinski definition) is 8. The van der Waals surface area contributed by atoms with Gasteiger partial charge in [0.1, 0.15) is 5.75 Å². The SMILES string of the molecule is COc1ccc(N(c2nc(N)nc(N(C)C3CC[N+](C)([O-])CC3)n2)C2CCCCCC2)cc1Cl. The Morgan fingerprint density at radius 3 is 2.26 bits per heavy atom. The lowest BCUT2D eigenvalue weighted by atomic mass is 10.0. The summed E-state index contributed by atoms with van der Waals surface area (Å²) in [6, 6.07) is 6.20. The number of rotatable bonds is 6. The van der Waals surface area contributed by atoms with Crippen molar-refractivity contribution in [3.8, 4) is 5.75 Å². The molecule has 34 heavy (non-hydrogen) atoms. The molecule has 1 aromatic carbocycles. The first-order valence-electron chi connectivity index (χ1n) is 12.2. The lowest BCUT2D eigenvalue weighted by molar-refractivity contribution is -0.865. The number of halogens is 1. The number of benzene rings is 1. The molecule has 1 aromatic heterocycles. The molecule has 9 nitrogen and oxygen atoms in total. The van der Waals surface area contributed by atoms with Crippen molar-refractivity contribution in [3.63, 3.8) is 0 Å². The van der Waals surface area contributed by atoms with Crippen LogP contribution in [0.5, 0.6) is 5.75 Å². The first-order chi connectivity index (χ1) is 16.3. The van der Waals surface area contributed by atoms with Crippen molar-refractivity contribution in [1.82, 2.24) is 15.0 Å². The third kappa shape index (κ3) is 5.64. The van der Waals surface area contributed by atoms with Crippen LogP contribution in [0.3, 0.4) is 0 Å². The number of nitrogen functional groups attached to an aromatic ring is 1. The van der Waals surface area contributed by atoms with Gasteiger partial charge in [-0.1, -0.05) is 37.3 Å². The Labute approximate surface area is 207 Å². The maximum atomic E-state index is 12.3. The van der Waals surface area contributed by atoms with Gasteiger partial charge in [0.2, 0.25) is 17.8 Å². The van der Waals surface area contributed by atoms with Gasteiger partial charge in [-0.25, -0.2) is 0 Å². The second kappa shape index (κ2) is 10.5. The Hall–Kier alpha value is -2.36. The second-order valence-electron chi connectivity index (χ2n) is 9.71. The summed E-state index contributed by atoms with van der Waals surface area (Å²) in [6.07, 6.45) is 8.46. The molecule has 0 amide bonds. The molecule has 1 saturated carbocycles. The summed E-state index contributed by atoms with van der Waals surface area (Å²) in [7, 11) is 5.32. The molecule has 0 spiro atoms. The number of likely N-dealkylation sites (tertiary alicyclic amines) is 1. The van der Waals surface area contributed by atoms with Gasteiger partial charge in [0, 0.05) is 37.7 Å². The first-order valence-corrected chi connectivity index (χ1v) is 12.6. The highest BCUT2D eigenvalue weighted by molar-refractivity contribution is 6.32. The van der Waals surface area contributed by atoms with Crippen molar-refractivity contribution >= 4 is 35.1 Å². The average molecular weight is 490 g/mol. The summed E-state index contributed by atoms with van der Waals surface area (Å²) in [5.41, 5.74) is 7.12. The number of anilines is 4. The van der Waals surface area contributed by atoms with Crippen LogP contribution in [-0.4, -0.2) is 66.0 Å². The summed E-state index contributed by atoms with van der Waals surface area (Å²) in [4.78, 5) is 18.1. The van der Waals surface area contributed by atoms with Crippen LogP contribution in [0.1, 0.15) is 51.4 Å². The summed E-state index contributed by atoms with van der Waals surface area (Å²) in [5, 5.41) is 12.8. The molecule has 1 aliphatic heterocycles. The quantitative estimate of drug-likeness (QED) is 0.359. The van der Waals surface area contributed by atoms with Crippen LogP contribution in [0.25, 0.3) is 0 Å². The van der Waals surface area contributed by atoms with E-state index in [1.165, 1.54) is 12.8 Å². The van der Waals surface area contributed by atoms with Gasteiger partial charge >= 0.3 is 0 Å². The largest absolute Gasteiger partial charge is 0.633 e. The zero-order valence-electron chi connectivity index (χ0n) is 20.4. The van der Waals surface area contributed by atoms with Gasteiger partial charge in [0.15, 0.2) is 0 Å². The number of ether oxygens (including phenoxy) is 1. The number of quaternary nitrogens is 1. The van der Waals surface area contributed by atoms with E-state index in [9.17, 15) is 5.21 Å². The summed E-state index contributed by atoms with van der Waals surface area (Å²) < 4.78 is 5.17. The molecule has 2 fully saturated rings. The number of hydrogen-bond donors (Lipinski definition) is 1. The molecular weight excluding hydrogens is 454 g/mol. The molecule has 2 aromatic rings. The number of piperidine rings is 1. The molecule has 4 rings (SSSR count). The van der Waals surface area contributed by atoms with Gasteiger partial charge in [-0.15, -0.1) is 0 Å². The molecule has 2 N–H and O–H groups in total. The van der Waals surface area contributed by atoms with Crippen molar-refractivity contribution in [3.05, 3.63) is 28.4 Å². The standard InChI is InChI=1S/C24H36ClN7O2/c1-30(17-12-14-32(2,33)15-13-17)23-27-22(26)28-24(29-23)31(18-8-6-4-5-7-9-18)19-10-11-21(34-3)20(25)16-19/h10-11,16-18H,4-9,12-15H2,1-3H3,(H2,26,27,28,29). The summed E-state index contributed by atoms with van der Waals surface area (Å²) >= 11 is 6.51. The predicted octanol–water partition coefficient (Wildman–Crippen LogP) is 4.52. The molecule has 2 aliphatic rings. The molecule has 0 bridgehead atoms. The number of methoxy groups -OCH3 is 1. The Bertz CT molecular complexity index is 972. The van der Waals surface area contributed by atoms with Crippen LogP contribution < -0.4 is 20.3 Å². The Balaban J connectivity index is 1.69. The fraction of sp³-hybridized carbons (Fsp3) is 0.625. The van der Waals surface area contributed by atoms with Crippen LogP contribution in [-0.2, 0) is 0 Å². The van der Waals surface area contributed by atoms with E-state index in [1.807, 2.05) is 30.1 Å². The molecular formula is C24H36ClN7O2. The molecule has 0 radical (unpaired) electrons. The summed E-state index contributed by atoms with van der Waals surface area (Å²) in [6.45, 7) is 1.17. The molecule has 1 aliphatic carbocycles. The maximum Gasteiger partial charge on any atom is 0.236 e. The van der Waals surface area contributed by atoms with Crippen molar-refractivity contribution in [2.45, 2.75) is 63.5 Å². The van der Waals surface area contributed by atoms with Crippen molar-refractivity contribution in [2.24, 2.45) is 0 Å². The van der Waals surface area contributed by atoms with E-state index in [2.05, 4.69) is 14.9 Å². The topological polar surface area (TPSA) is 103 Å². The lowest BCUT2D eigenvalue weighted by Gasteiger charge is -2.45. The second-order valence-corrected chi connectivity index (χ2v) is 10.1. The van der Waals surface area contributed by atoms with Crippen LogP contribution >= 0.6 is 11.6 Å². The van der Waals surface area contributed by atoms with E-state index in [4.69, 9.17) is 27.1 Å². The van der Waals surface area contributed by atoms with Crippen LogP contribution in [0.4, 0.5) is 23.5 Å². The van der Waals surface area contributed by atoms with Gasteiger partial charge < -0.3 is 30.1 Å². The smallest absolute Gasteiger partial charge is 0.236 e. The van der Waals surface area contributed by atoms with Crippen LogP contribution in [0.15, 0.2) is 18.2 Å². The van der Waals surface area contributed by atoms with E-state index in [0.29, 0.717) is 35.8 Å². The fourth-order valence-electron chi connectivity index (χ4n) is 5.10. The highest BCUT2D eigenvalue weighted by atomic mass is 35.5. The molecule has 2 heterocycles. The third-order valence-electron chi connectivity index (χ3n) is 7.18. The molecule has 1 saturated heterocycles. The highest BCUT2D eigenvalue weighted by Gasteiger charge is 2.30. The Kier molecular flexibility index (Phi) is 7.64. The van der Waals surface area contributed by atoms with E-state index < -0.39 is 0 Å². The number of nitrogens with zero attached hydrogens (tertiary/aromatic N) is 6. The van der Waals surface area contributed by atoms with Crippen molar-refractivity contribution < 1.29 is 9.38 Å². The maximum absolute atomic E-state index is 12.3. The van der Waals surface area contributed by atoms with E-state index in [0.717, 1.165) is 44.2 Å². The lowest BCUT2D eigenvalue weighted by Crippen LogP contribution is -2.50. The van der Waals surface area contributed by atoms with E-state index in [1.54, 1.807) is 14.2 Å². The molecule has 10 heteroatoms. The highest BCUT2D eigenvalue weighted by Crippen LogP contribution is 2.37. The van der Waals surface area contributed by atoms with Gasteiger partial charge in [-0.05, 0) is 31.0 Å². The van der Waals surface area contributed by atoms with Gasteiger partial charge in [-0.3, -0.25) is 0 Å². The molecule has 0 unspecified atom stereocenters. The predicted molar refractivity (Wildman–Crippen MR) is 137 cm³/mol. The minimum absolute atomic E-state index is 0.185. The minimum atomic E-state index is -0.192. The third-order valence-corrected chi connectivity index (χ3v) is 7.48. The Morgan fingerprint density at radius 2 is 1.65 bits per heavy atom. The first kappa shape index (κ1) is 24.8. The number of hydroxylamine groups is 3. The molecule has 186 valence electrons. The van der Waals surface area contributed by atoms with Crippen molar-refractivity contribution in [1.29, 1.82) is 0 Å². The van der Waals surface area contributed by atoms with E-state index >= 15 is 0 Å². The van der Waals surface area contributed by atoms with Crippen LogP contribution in [0.2, 0.25) is 5.02 Å². The normalized spacial score (nSPS) is 23.9. The van der Waals surface area contributed by atoms with Gasteiger partial charge in [0.25, 0.3) is 0 Å². The average Bonchev–Trinajstić information content (AvgIpc) is 3.08. The monoisotopic (exact) mass is 489 g/mol. The van der Waals surface area contributed by atoms with Crippen molar-refractivity contribution in [2.75, 3.05) is 49.8 Å². The van der Waals surface area contributed by atoms with Gasteiger partial charge in [0.05, 0.1) is 32.3 Å². The zero-order chi connectivity index (χ0) is 24.3. The van der Waals surface area contributed by atoms with E-state index in [-0.39, 0.29) is 22.7 Å².